The summed E-state index contributed by atoms with van der Waals surface area (Å²) in [4.78, 5) is 17.8. The molecule has 0 saturated heterocycles. The molecule has 1 aromatic heterocycles. The minimum Gasteiger partial charge on any atom is -0.345 e. The van der Waals surface area contributed by atoms with E-state index in [-0.39, 0.29) is 5.56 Å². The van der Waals surface area contributed by atoms with E-state index in [1.165, 1.54) is 12.4 Å². The first-order valence-corrected chi connectivity index (χ1v) is 4.17. The smallest absolute Gasteiger partial charge is 0.254 e. The van der Waals surface area contributed by atoms with Crippen LogP contribution in [0.3, 0.4) is 0 Å². The number of hydrogen-bond donors (Lipinski definition) is 1. The average Bonchev–Trinajstić information content (AvgIpc) is 2.63. The first-order valence-electron chi connectivity index (χ1n) is 3.79. The number of rotatable bonds is 1. The molecule has 0 aliphatic carbocycles. The van der Waals surface area contributed by atoms with Gasteiger partial charge in [-0.2, -0.15) is 5.26 Å². The van der Waals surface area contributed by atoms with Gasteiger partial charge in [-0.1, -0.05) is 0 Å². The highest BCUT2D eigenvalue weighted by atomic mass is 35.5. The van der Waals surface area contributed by atoms with Gasteiger partial charge in [0.05, 0.1) is 29.0 Å². The second-order valence-corrected chi connectivity index (χ2v) is 3.05. The van der Waals surface area contributed by atoms with Gasteiger partial charge < -0.3 is 4.98 Å². The van der Waals surface area contributed by atoms with Crippen LogP contribution in [0.1, 0.15) is 15.9 Å². The molecule has 1 N–H and O–H groups in total. The van der Waals surface area contributed by atoms with E-state index >= 15 is 0 Å². The zero-order valence-corrected chi connectivity index (χ0v) is 7.67. The van der Waals surface area contributed by atoms with E-state index in [0.717, 1.165) is 0 Å². The molecular weight excluding hydrogens is 202 g/mol. The largest absolute Gasteiger partial charge is 0.345 e. The Balaban J connectivity index is 2.85. The highest BCUT2D eigenvalue weighted by Gasteiger charge is 2.11. The Hall–Kier alpha value is -1.86. The molecule has 1 heterocycles. The number of aromatic nitrogens is 2. The van der Waals surface area contributed by atoms with Crippen molar-refractivity contribution in [2.45, 2.75) is 0 Å². The zero-order valence-electron chi connectivity index (χ0n) is 6.91. The monoisotopic (exact) mass is 205 g/mol. The number of imidazole rings is 1. The lowest BCUT2D eigenvalue weighted by atomic mass is 10.1. The zero-order chi connectivity index (χ0) is 10.1. The van der Waals surface area contributed by atoms with Gasteiger partial charge in [-0.05, 0) is 23.7 Å². The van der Waals surface area contributed by atoms with E-state index in [2.05, 4.69) is 9.97 Å². The molecule has 0 aliphatic rings. The lowest BCUT2D eigenvalue weighted by molar-refractivity contribution is 0.108. The number of nitrogens with zero attached hydrogens (tertiary/aromatic N) is 2. The Kier molecular flexibility index (Phi) is 1.95. The molecule has 14 heavy (non-hydrogen) atoms. The van der Waals surface area contributed by atoms with Crippen molar-refractivity contribution in [3.63, 3.8) is 0 Å². The highest BCUT2D eigenvalue weighted by Crippen LogP contribution is 2.19. The van der Waals surface area contributed by atoms with Crippen LogP contribution in [0.15, 0.2) is 18.5 Å². The fourth-order valence-corrected chi connectivity index (χ4v) is 1.41. The molecule has 0 amide bonds. The van der Waals surface area contributed by atoms with Gasteiger partial charge in [0.2, 0.25) is 0 Å². The van der Waals surface area contributed by atoms with Crippen molar-refractivity contribution in [1.29, 1.82) is 5.26 Å². The lowest BCUT2D eigenvalue weighted by Crippen LogP contribution is -1.92. The Morgan fingerprint density at radius 1 is 1.57 bits per heavy atom. The van der Waals surface area contributed by atoms with E-state index in [1.807, 2.05) is 6.07 Å². The fourth-order valence-electron chi connectivity index (χ4n) is 1.26. The van der Waals surface area contributed by atoms with E-state index < -0.39 is 5.24 Å². The molecule has 0 saturated carbocycles. The minimum absolute atomic E-state index is 0.252. The minimum atomic E-state index is -0.612. The summed E-state index contributed by atoms with van der Waals surface area (Å²) >= 11 is 5.37. The molecule has 5 heteroatoms. The number of hydrogen-bond acceptors (Lipinski definition) is 3. The number of aromatic amines is 1. The molecule has 0 unspecified atom stereocenters. The van der Waals surface area contributed by atoms with Gasteiger partial charge in [0.25, 0.3) is 5.24 Å². The van der Waals surface area contributed by atoms with Crippen LogP contribution in [0.5, 0.6) is 0 Å². The molecule has 0 aliphatic heterocycles. The Morgan fingerprint density at radius 3 is 3.00 bits per heavy atom. The summed E-state index contributed by atoms with van der Waals surface area (Å²) in [5.74, 6) is 0. The summed E-state index contributed by atoms with van der Waals surface area (Å²) in [5, 5.41) is 8.09. The maximum atomic E-state index is 11.0. The normalized spacial score (nSPS) is 10.0. The van der Waals surface area contributed by atoms with Crippen molar-refractivity contribution in [3.8, 4) is 6.07 Å². The van der Waals surface area contributed by atoms with E-state index in [1.54, 1.807) is 6.07 Å². The van der Waals surface area contributed by atoms with Crippen LogP contribution in [0.2, 0.25) is 0 Å². The molecule has 4 nitrogen and oxygen atoms in total. The molecule has 2 rings (SSSR count). The first-order chi connectivity index (χ1) is 6.72. The molecule has 1 aromatic carbocycles. The van der Waals surface area contributed by atoms with Crippen molar-refractivity contribution < 1.29 is 4.79 Å². The second kappa shape index (κ2) is 3.13. The van der Waals surface area contributed by atoms with Crippen molar-refractivity contribution in [3.05, 3.63) is 29.6 Å². The average molecular weight is 206 g/mol. The number of nitrogens with one attached hydrogen (secondary N) is 1. The number of carbonyl (C=O) groups excluding carboxylic acids is 1. The third-order valence-electron chi connectivity index (χ3n) is 1.86. The van der Waals surface area contributed by atoms with Gasteiger partial charge in [-0.25, -0.2) is 4.98 Å². The van der Waals surface area contributed by atoms with Crippen LogP contribution in [-0.2, 0) is 0 Å². The van der Waals surface area contributed by atoms with Gasteiger partial charge in [0.1, 0.15) is 5.52 Å². The van der Waals surface area contributed by atoms with Gasteiger partial charge in [-0.15, -0.1) is 0 Å². The fraction of sp³-hybridized carbons (Fsp3) is 0. The van der Waals surface area contributed by atoms with Gasteiger partial charge in [0.15, 0.2) is 0 Å². The molecular formula is C9H4ClN3O. The maximum Gasteiger partial charge on any atom is 0.254 e. The van der Waals surface area contributed by atoms with Crippen LogP contribution in [0.25, 0.3) is 11.0 Å². The van der Waals surface area contributed by atoms with Gasteiger partial charge in [-0.3, -0.25) is 4.79 Å². The van der Waals surface area contributed by atoms with Crippen molar-refractivity contribution in [2.75, 3.05) is 0 Å². The summed E-state index contributed by atoms with van der Waals surface area (Å²) in [5.41, 5.74) is 1.75. The number of fused-ring (bicyclic) bond motifs is 1. The Bertz CT molecular complexity index is 553. The molecule has 0 bridgehead atoms. The summed E-state index contributed by atoms with van der Waals surface area (Å²) in [7, 11) is 0. The summed E-state index contributed by atoms with van der Waals surface area (Å²) in [6, 6.07) is 4.99. The van der Waals surface area contributed by atoms with Crippen LogP contribution in [0.4, 0.5) is 0 Å². The molecule has 0 atom stereocenters. The van der Waals surface area contributed by atoms with Crippen LogP contribution in [0, 0.1) is 11.3 Å². The standard InChI is InChI=1S/C9H4ClN3O/c10-9(14)6-1-5(3-11)2-7-8(6)13-4-12-7/h1-2,4H,(H,12,13). The van der Waals surface area contributed by atoms with Crippen LogP contribution < -0.4 is 0 Å². The molecule has 0 fully saturated rings. The predicted molar refractivity (Wildman–Crippen MR) is 51.0 cm³/mol. The number of halogens is 1. The molecule has 68 valence electrons. The molecule has 0 radical (unpaired) electrons. The summed E-state index contributed by atoms with van der Waals surface area (Å²) < 4.78 is 0. The first kappa shape index (κ1) is 8.73. The number of H-pyrrole nitrogens is 1. The van der Waals surface area contributed by atoms with Crippen LogP contribution in [-0.4, -0.2) is 15.2 Å². The maximum absolute atomic E-state index is 11.0. The van der Waals surface area contributed by atoms with E-state index in [0.29, 0.717) is 16.6 Å². The Labute approximate surface area is 84.1 Å². The number of nitriles is 1. The summed E-state index contributed by atoms with van der Waals surface area (Å²) in [6.07, 6.45) is 1.45. The van der Waals surface area contributed by atoms with Crippen molar-refractivity contribution >= 4 is 27.9 Å². The molecule has 2 aromatic rings. The third-order valence-corrected chi connectivity index (χ3v) is 2.07. The van der Waals surface area contributed by atoms with E-state index in [4.69, 9.17) is 16.9 Å². The topological polar surface area (TPSA) is 69.5 Å². The van der Waals surface area contributed by atoms with Crippen LogP contribution >= 0.6 is 11.6 Å². The van der Waals surface area contributed by atoms with Gasteiger partial charge >= 0.3 is 0 Å². The lowest BCUT2D eigenvalue weighted by Gasteiger charge is -1.96. The number of carbonyl (C=O) groups is 1. The van der Waals surface area contributed by atoms with Crippen molar-refractivity contribution in [2.24, 2.45) is 0 Å². The van der Waals surface area contributed by atoms with Crippen molar-refractivity contribution in [1.82, 2.24) is 9.97 Å². The third kappa shape index (κ3) is 1.24. The highest BCUT2D eigenvalue weighted by molar-refractivity contribution is 6.68. The molecule has 0 spiro atoms. The Morgan fingerprint density at radius 2 is 2.36 bits per heavy atom. The number of benzene rings is 1. The quantitative estimate of drug-likeness (QED) is 0.722. The summed E-state index contributed by atoms with van der Waals surface area (Å²) in [6.45, 7) is 0. The predicted octanol–water partition coefficient (Wildman–Crippen LogP) is 1.81. The second-order valence-electron chi connectivity index (χ2n) is 2.71. The van der Waals surface area contributed by atoms with Gasteiger partial charge in [0, 0.05) is 0 Å². The SMILES string of the molecule is N#Cc1cc(C(=O)Cl)c2nc[nH]c2c1. The van der Waals surface area contributed by atoms with E-state index in [9.17, 15) is 4.79 Å².